The van der Waals surface area contributed by atoms with E-state index in [-0.39, 0.29) is 12.1 Å². The molecular weight excluding hydrogens is 265 g/mol. The molecule has 4 heteroatoms. The largest absolute Gasteiger partial charge is 0.488 e. The van der Waals surface area contributed by atoms with Gasteiger partial charge < -0.3 is 10.5 Å². The molecule has 0 saturated carbocycles. The molecule has 0 aliphatic heterocycles. The maximum atomic E-state index is 5.81. The molecule has 2 atom stereocenters. The minimum Gasteiger partial charge on any atom is -0.488 e. The van der Waals surface area contributed by atoms with E-state index in [1.807, 2.05) is 19.9 Å². The lowest BCUT2D eigenvalue weighted by molar-refractivity contribution is 0.195. The number of halogens is 2. The van der Waals surface area contributed by atoms with Crippen LogP contribution < -0.4 is 10.5 Å². The van der Waals surface area contributed by atoms with Gasteiger partial charge in [-0.3, -0.25) is 0 Å². The Kier molecular flexibility index (Phi) is 4.23. The Morgan fingerprint density at radius 1 is 1.43 bits per heavy atom. The van der Waals surface area contributed by atoms with Gasteiger partial charge in [0, 0.05) is 11.1 Å². The molecule has 0 amide bonds. The third-order valence-electron chi connectivity index (χ3n) is 1.95. The van der Waals surface area contributed by atoms with Gasteiger partial charge in [-0.1, -0.05) is 11.6 Å². The molecule has 0 radical (unpaired) electrons. The van der Waals surface area contributed by atoms with Crippen molar-refractivity contribution in [3.05, 3.63) is 27.7 Å². The molecule has 2 N–H and O–H groups in total. The molecule has 0 fully saturated rings. The quantitative estimate of drug-likeness (QED) is 0.921. The van der Waals surface area contributed by atoms with Crippen LogP contribution in [-0.2, 0) is 0 Å². The van der Waals surface area contributed by atoms with Crippen molar-refractivity contribution in [2.75, 3.05) is 0 Å². The van der Waals surface area contributed by atoms with Gasteiger partial charge in [0.05, 0.1) is 4.47 Å². The van der Waals surface area contributed by atoms with Gasteiger partial charge in [0.15, 0.2) is 0 Å². The van der Waals surface area contributed by atoms with Gasteiger partial charge in [0.2, 0.25) is 0 Å². The van der Waals surface area contributed by atoms with Crippen molar-refractivity contribution >= 4 is 27.5 Å². The second kappa shape index (κ2) is 5.01. The highest BCUT2D eigenvalue weighted by Gasteiger charge is 2.11. The number of rotatable bonds is 3. The number of ether oxygens (including phenoxy) is 1. The number of hydrogen-bond donors (Lipinski definition) is 1. The van der Waals surface area contributed by atoms with Crippen molar-refractivity contribution in [1.29, 1.82) is 0 Å². The molecule has 0 aliphatic carbocycles. The van der Waals surface area contributed by atoms with Crippen LogP contribution in [0.3, 0.4) is 0 Å². The minimum absolute atomic E-state index is 0.00224. The first-order chi connectivity index (χ1) is 6.50. The standard InChI is InChI=1S/C10H13BrClNO/c1-6(13)7(2)14-10-4-3-8(12)5-9(10)11/h3-7H,13H2,1-2H3/t6-,7?/m1/s1. The van der Waals surface area contributed by atoms with E-state index in [1.165, 1.54) is 0 Å². The zero-order chi connectivity index (χ0) is 10.7. The van der Waals surface area contributed by atoms with Crippen LogP contribution in [-0.4, -0.2) is 12.1 Å². The summed E-state index contributed by atoms with van der Waals surface area (Å²) in [6.45, 7) is 3.85. The van der Waals surface area contributed by atoms with Crippen LogP contribution in [0.4, 0.5) is 0 Å². The highest BCUT2D eigenvalue weighted by atomic mass is 79.9. The van der Waals surface area contributed by atoms with Gasteiger partial charge in [-0.2, -0.15) is 0 Å². The lowest BCUT2D eigenvalue weighted by Crippen LogP contribution is -2.33. The molecule has 1 unspecified atom stereocenters. The Balaban J connectivity index is 2.77. The first kappa shape index (κ1) is 11.8. The molecule has 14 heavy (non-hydrogen) atoms. The average Bonchev–Trinajstić information content (AvgIpc) is 2.09. The molecule has 1 rings (SSSR count). The van der Waals surface area contributed by atoms with Crippen molar-refractivity contribution in [2.24, 2.45) is 5.73 Å². The first-order valence-electron chi connectivity index (χ1n) is 4.38. The van der Waals surface area contributed by atoms with Crippen LogP contribution >= 0.6 is 27.5 Å². The van der Waals surface area contributed by atoms with Crippen LogP contribution in [0.5, 0.6) is 5.75 Å². The van der Waals surface area contributed by atoms with Crippen LogP contribution in [0, 0.1) is 0 Å². The third kappa shape index (κ3) is 3.15. The number of benzene rings is 1. The maximum Gasteiger partial charge on any atom is 0.134 e. The molecule has 0 saturated heterocycles. The monoisotopic (exact) mass is 277 g/mol. The Bertz CT molecular complexity index is 317. The first-order valence-corrected chi connectivity index (χ1v) is 5.55. The SMILES string of the molecule is CC(Oc1ccc(Cl)cc1Br)[C@@H](C)N. The fourth-order valence-corrected chi connectivity index (χ4v) is 1.65. The van der Waals surface area contributed by atoms with Crippen molar-refractivity contribution in [1.82, 2.24) is 0 Å². The summed E-state index contributed by atoms with van der Waals surface area (Å²) in [5, 5.41) is 0.678. The Morgan fingerprint density at radius 2 is 2.07 bits per heavy atom. The van der Waals surface area contributed by atoms with E-state index >= 15 is 0 Å². The van der Waals surface area contributed by atoms with E-state index < -0.39 is 0 Å². The molecule has 0 aliphatic rings. The molecule has 1 aromatic carbocycles. The summed E-state index contributed by atoms with van der Waals surface area (Å²) in [5.74, 6) is 0.763. The second-order valence-electron chi connectivity index (χ2n) is 3.26. The molecule has 0 bridgehead atoms. The zero-order valence-corrected chi connectivity index (χ0v) is 10.5. The third-order valence-corrected chi connectivity index (χ3v) is 2.80. The van der Waals surface area contributed by atoms with Gasteiger partial charge in [0.1, 0.15) is 11.9 Å². The summed E-state index contributed by atoms with van der Waals surface area (Å²) in [4.78, 5) is 0. The van der Waals surface area contributed by atoms with E-state index in [2.05, 4.69) is 15.9 Å². The van der Waals surface area contributed by atoms with Gasteiger partial charge in [-0.25, -0.2) is 0 Å². The van der Waals surface area contributed by atoms with Crippen LogP contribution in [0.25, 0.3) is 0 Å². The molecular formula is C10H13BrClNO. The van der Waals surface area contributed by atoms with E-state index in [1.54, 1.807) is 12.1 Å². The van der Waals surface area contributed by atoms with Crippen molar-refractivity contribution < 1.29 is 4.74 Å². The van der Waals surface area contributed by atoms with E-state index in [0.29, 0.717) is 5.02 Å². The predicted octanol–water partition coefficient (Wildman–Crippen LogP) is 3.22. The van der Waals surface area contributed by atoms with Gasteiger partial charge >= 0.3 is 0 Å². The zero-order valence-electron chi connectivity index (χ0n) is 8.13. The topological polar surface area (TPSA) is 35.2 Å². The van der Waals surface area contributed by atoms with Gasteiger partial charge in [-0.05, 0) is 48.0 Å². The second-order valence-corrected chi connectivity index (χ2v) is 4.55. The minimum atomic E-state index is -0.0209. The van der Waals surface area contributed by atoms with Crippen LogP contribution in [0.1, 0.15) is 13.8 Å². The maximum absolute atomic E-state index is 5.81. The molecule has 78 valence electrons. The number of hydrogen-bond acceptors (Lipinski definition) is 2. The predicted molar refractivity (Wildman–Crippen MR) is 62.9 cm³/mol. The lowest BCUT2D eigenvalue weighted by atomic mass is 10.2. The Hall–Kier alpha value is -0.250. The highest BCUT2D eigenvalue weighted by Crippen LogP contribution is 2.28. The fraction of sp³-hybridized carbons (Fsp3) is 0.400. The van der Waals surface area contributed by atoms with E-state index in [0.717, 1.165) is 10.2 Å². The summed E-state index contributed by atoms with van der Waals surface area (Å²) < 4.78 is 6.48. The van der Waals surface area contributed by atoms with Gasteiger partial charge in [0.25, 0.3) is 0 Å². The van der Waals surface area contributed by atoms with Crippen molar-refractivity contribution in [3.8, 4) is 5.75 Å². The Morgan fingerprint density at radius 3 is 2.57 bits per heavy atom. The molecule has 1 aromatic rings. The van der Waals surface area contributed by atoms with Crippen LogP contribution in [0.2, 0.25) is 5.02 Å². The fourth-order valence-electron chi connectivity index (χ4n) is 0.878. The molecule has 2 nitrogen and oxygen atoms in total. The molecule has 0 heterocycles. The molecule has 0 aromatic heterocycles. The summed E-state index contributed by atoms with van der Waals surface area (Å²) in [5.41, 5.74) is 5.70. The van der Waals surface area contributed by atoms with Crippen molar-refractivity contribution in [2.45, 2.75) is 26.0 Å². The molecule has 0 spiro atoms. The van der Waals surface area contributed by atoms with E-state index in [4.69, 9.17) is 22.1 Å². The van der Waals surface area contributed by atoms with Crippen LogP contribution in [0.15, 0.2) is 22.7 Å². The normalized spacial score (nSPS) is 14.9. The summed E-state index contributed by atoms with van der Waals surface area (Å²) in [6.07, 6.45) is -0.0209. The summed E-state index contributed by atoms with van der Waals surface area (Å²) >= 11 is 9.18. The lowest BCUT2D eigenvalue weighted by Gasteiger charge is -2.18. The van der Waals surface area contributed by atoms with Gasteiger partial charge in [-0.15, -0.1) is 0 Å². The highest BCUT2D eigenvalue weighted by molar-refractivity contribution is 9.10. The average molecular weight is 279 g/mol. The number of nitrogens with two attached hydrogens (primary N) is 1. The van der Waals surface area contributed by atoms with E-state index in [9.17, 15) is 0 Å². The van der Waals surface area contributed by atoms with Crippen molar-refractivity contribution in [3.63, 3.8) is 0 Å². The Labute approximate surface area is 97.5 Å². The smallest absolute Gasteiger partial charge is 0.134 e. The summed E-state index contributed by atoms with van der Waals surface area (Å²) in [6, 6.07) is 5.41. The summed E-state index contributed by atoms with van der Waals surface area (Å²) in [7, 11) is 0.